The quantitative estimate of drug-likeness (QED) is 0.867. The van der Waals surface area contributed by atoms with Gasteiger partial charge in [-0.1, -0.05) is 30.3 Å². The number of nitrogens with one attached hydrogen (secondary N) is 1. The van der Waals surface area contributed by atoms with Crippen LogP contribution in [-0.2, 0) is 6.42 Å². The molecule has 21 heavy (non-hydrogen) atoms. The number of ether oxygens (including phenoxy) is 1. The molecule has 110 valence electrons. The average Bonchev–Trinajstić information content (AvgIpc) is 2.46. The second-order valence-corrected chi connectivity index (χ2v) is 5.01. The highest BCUT2D eigenvalue weighted by Crippen LogP contribution is 2.35. The van der Waals surface area contributed by atoms with Crippen LogP contribution >= 0.6 is 0 Å². The van der Waals surface area contributed by atoms with Gasteiger partial charge in [-0.2, -0.15) is 0 Å². The lowest BCUT2D eigenvalue weighted by Gasteiger charge is -2.28. The Balaban J connectivity index is 1.79. The van der Waals surface area contributed by atoms with Gasteiger partial charge in [0.25, 0.3) is 0 Å². The number of halogens is 3. The Morgan fingerprint density at radius 2 is 1.81 bits per heavy atom. The van der Waals surface area contributed by atoms with Gasteiger partial charge in [0, 0.05) is 5.69 Å². The molecule has 0 radical (unpaired) electrons. The van der Waals surface area contributed by atoms with Crippen molar-refractivity contribution >= 4 is 5.69 Å². The Morgan fingerprint density at radius 3 is 2.52 bits per heavy atom. The second kappa shape index (κ2) is 5.31. The summed E-state index contributed by atoms with van der Waals surface area (Å²) in [5.74, 6) is -0.166. The van der Waals surface area contributed by atoms with Gasteiger partial charge in [-0.15, -0.1) is 13.2 Å². The van der Waals surface area contributed by atoms with Gasteiger partial charge < -0.3 is 10.1 Å². The molecule has 1 N–H and O–H groups in total. The molecule has 0 spiro atoms. The highest BCUT2D eigenvalue weighted by atomic mass is 19.4. The summed E-state index contributed by atoms with van der Waals surface area (Å²) in [7, 11) is 0. The van der Waals surface area contributed by atoms with Crippen LogP contribution in [0.2, 0.25) is 0 Å². The lowest BCUT2D eigenvalue weighted by Crippen LogP contribution is -2.19. The third kappa shape index (κ3) is 3.29. The Hall–Kier alpha value is -2.17. The van der Waals surface area contributed by atoms with Crippen molar-refractivity contribution in [2.75, 3.05) is 5.32 Å². The van der Waals surface area contributed by atoms with Gasteiger partial charge in [0.2, 0.25) is 0 Å². The Labute approximate surface area is 120 Å². The SMILES string of the molecule is FC(F)(F)Oc1ccc2c(c1)CCC(c1ccccc1)N2. The average molecular weight is 293 g/mol. The molecule has 1 heterocycles. The fraction of sp³-hybridized carbons (Fsp3) is 0.250. The number of alkyl halides is 3. The molecule has 0 aliphatic carbocycles. The van der Waals surface area contributed by atoms with Crippen molar-refractivity contribution in [1.29, 1.82) is 0 Å². The van der Waals surface area contributed by atoms with Crippen LogP contribution in [0.1, 0.15) is 23.6 Å². The van der Waals surface area contributed by atoms with E-state index in [0.717, 1.165) is 24.1 Å². The molecule has 1 aliphatic rings. The minimum absolute atomic E-state index is 0.166. The first-order chi connectivity index (χ1) is 10.0. The highest BCUT2D eigenvalue weighted by molar-refractivity contribution is 5.57. The summed E-state index contributed by atoms with van der Waals surface area (Å²) in [6, 6.07) is 14.6. The van der Waals surface area contributed by atoms with Crippen LogP contribution in [0.25, 0.3) is 0 Å². The van der Waals surface area contributed by atoms with Gasteiger partial charge >= 0.3 is 6.36 Å². The zero-order valence-electron chi connectivity index (χ0n) is 11.2. The molecule has 0 saturated heterocycles. The topological polar surface area (TPSA) is 21.3 Å². The number of benzene rings is 2. The maximum absolute atomic E-state index is 12.2. The lowest BCUT2D eigenvalue weighted by atomic mass is 9.93. The van der Waals surface area contributed by atoms with Crippen molar-refractivity contribution in [2.24, 2.45) is 0 Å². The van der Waals surface area contributed by atoms with Gasteiger partial charge in [-0.05, 0) is 42.2 Å². The molecule has 1 unspecified atom stereocenters. The molecule has 1 aliphatic heterocycles. The van der Waals surface area contributed by atoms with E-state index in [1.807, 2.05) is 30.3 Å². The Morgan fingerprint density at radius 1 is 1.05 bits per heavy atom. The Bertz CT molecular complexity index is 625. The van der Waals surface area contributed by atoms with E-state index >= 15 is 0 Å². The first-order valence-electron chi connectivity index (χ1n) is 6.71. The van der Waals surface area contributed by atoms with Crippen molar-refractivity contribution in [2.45, 2.75) is 25.2 Å². The number of hydrogen-bond donors (Lipinski definition) is 1. The summed E-state index contributed by atoms with van der Waals surface area (Å²) in [6.45, 7) is 0. The van der Waals surface area contributed by atoms with Crippen molar-refractivity contribution in [1.82, 2.24) is 0 Å². The minimum Gasteiger partial charge on any atom is -0.406 e. The third-order valence-corrected chi connectivity index (χ3v) is 3.54. The molecule has 0 amide bonds. The van der Waals surface area contributed by atoms with Crippen LogP contribution in [-0.4, -0.2) is 6.36 Å². The second-order valence-electron chi connectivity index (χ2n) is 5.01. The van der Waals surface area contributed by atoms with Gasteiger partial charge in [0.05, 0.1) is 6.04 Å². The molecule has 0 aromatic heterocycles. The van der Waals surface area contributed by atoms with E-state index < -0.39 is 6.36 Å². The largest absolute Gasteiger partial charge is 0.573 e. The first kappa shape index (κ1) is 13.8. The monoisotopic (exact) mass is 293 g/mol. The van der Waals surface area contributed by atoms with Crippen molar-refractivity contribution < 1.29 is 17.9 Å². The summed E-state index contributed by atoms with van der Waals surface area (Å²) >= 11 is 0. The molecule has 5 heteroatoms. The van der Waals surface area contributed by atoms with E-state index in [1.54, 1.807) is 6.07 Å². The van der Waals surface area contributed by atoms with E-state index in [1.165, 1.54) is 17.7 Å². The third-order valence-electron chi connectivity index (χ3n) is 3.54. The van der Waals surface area contributed by atoms with Crippen LogP contribution < -0.4 is 10.1 Å². The summed E-state index contributed by atoms with van der Waals surface area (Å²) in [5.41, 5.74) is 2.90. The predicted octanol–water partition coefficient (Wildman–Crippen LogP) is 4.68. The molecule has 0 bridgehead atoms. The van der Waals surface area contributed by atoms with E-state index in [-0.39, 0.29) is 11.8 Å². The van der Waals surface area contributed by atoms with Crippen molar-refractivity contribution in [3.8, 4) is 5.75 Å². The maximum atomic E-state index is 12.2. The summed E-state index contributed by atoms with van der Waals surface area (Å²) in [5, 5.41) is 3.37. The van der Waals surface area contributed by atoms with E-state index in [0.29, 0.717) is 0 Å². The normalized spacial score (nSPS) is 17.8. The van der Waals surface area contributed by atoms with E-state index in [2.05, 4.69) is 10.1 Å². The highest BCUT2D eigenvalue weighted by Gasteiger charge is 2.31. The zero-order valence-corrected chi connectivity index (χ0v) is 11.2. The van der Waals surface area contributed by atoms with Gasteiger partial charge in [-0.3, -0.25) is 0 Å². The van der Waals surface area contributed by atoms with Crippen LogP contribution in [0, 0.1) is 0 Å². The van der Waals surface area contributed by atoms with E-state index in [4.69, 9.17) is 0 Å². The Kier molecular flexibility index (Phi) is 3.49. The maximum Gasteiger partial charge on any atom is 0.573 e. The van der Waals surface area contributed by atoms with Crippen LogP contribution in [0.3, 0.4) is 0 Å². The lowest BCUT2D eigenvalue weighted by molar-refractivity contribution is -0.274. The number of rotatable bonds is 2. The summed E-state index contributed by atoms with van der Waals surface area (Å²) < 4.78 is 40.6. The summed E-state index contributed by atoms with van der Waals surface area (Å²) in [6.07, 6.45) is -3.09. The van der Waals surface area contributed by atoms with Gasteiger partial charge in [0.1, 0.15) is 5.75 Å². The van der Waals surface area contributed by atoms with Gasteiger partial charge in [0.15, 0.2) is 0 Å². The fourth-order valence-electron chi connectivity index (χ4n) is 2.61. The van der Waals surface area contributed by atoms with Crippen LogP contribution in [0.5, 0.6) is 5.75 Å². The minimum atomic E-state index is -4.65. The smallest absolute Gasteiger partial charge is 0.406 e. The standard InChI is InChI=1S/C16H14F3NO/c17-16(18,19)21-13-7-9-15-12(10-13)6-8-14(20-15)11-4-2-1-3-5-11/h1-5,7,9-10,14,20H,6,8H2. The zero-order chi connectivity index (χ0) is 14.9. The summed E-state index contributed by atoms with van der Waals surface area (Å²) in [4.78, 5) is 0. The number of aryl methyl sites for hydroxylation is 1. The molecule has 2 aromatic carbocycles. The molecule has 2 nitrogen and oxygen atoms in total. The predicted molar refractivity (Wildman–Crippen MR) is 74.3 cm³/mol. The van der Waals surface area contributed by atoms with Crippen LogP contribution in [0.4, 0.5) is 18.9 Å². The van der Waals surface area contributed by atoms with Crippen molar-refractivity contribution in [3.05, 3.63) is 59.7 Å². The molecule has 3 rings (SSSR count). The fourth-order valence-corrected chi connectivity index (χ4v) is 2.61. The molecule has 0 fully saturated rings. The first-order valence-corrected chi connectivity index (χ1v) is 6.71. The van der Waals surface area contributed by atoms with E-state index in [9.17, 15) is 13.2 Å². The van der Waals surface area contributed by atoms with Gasteiger partial charge in [-0.25, -0.2) is 0 Å². The number of hydrogen-bond acceptors (Lipinski definition) is 2. The molecular weight excluding hydrogens is 279 g/mol. The van der Waals surface area contributed by atoms with Crippen LogP contribution in [0.15, 0.2) is 48.5 Å². The molecular formula is C16H14F3NO. The number of anilines is 1. The molecule has 2 aromatic rings. The molecule has 1 atom stereocenters. The molecule has 0 saturated carbocycles. The number of fused-ring (bicyclic) bond motifs is 1. The van der Waals surface area contributed by atoms with Crippen molar-refractivity contribution in [3.63, 3.8) is 0 Å².